The van der Waals surface area contributed by atoms with Gasteiger partial charge < -0.3 is 5.11 Å². The average Bonchev–Trinajstić information content (AvgIpc) is 2.67. The molecule has 1 heterocycles. The molecular weight excluding hydrogens is 218 g/mol. The first-order chi connectivity index (χ1) is 7.20. The molecule has 0 atom stereocenters. The zero-order valence-corrected chi connectivity index (χ0v) is 8.22. The van der Waals surface area contributed by atoms with Crippen LogP contribution >= 0.6 is 11.6 Å². The fourth-order valence-corrected chi connectivity index (χ4v) is 1.40. The standard InChI is InChI=1S/C9H6ClN3O2/c10-6-3-1-2-4-7(6)13-8(9(14)15)5-11-12-13/h1-5H,(H,14,15). The van der Waals surface area contributed by atoms with Crippen molar-refractivity contribution < 1.29 is 9.90 Å². The van der Waals surface area contributed by atoms with Crippen LogP contribution in [0.3, 0.4) is 0 Å². The van der Waals surface area contributed by atoms with E-state index in [-0.39, 0.29) is 5.69 Å². The predicted octanol–water partition coefficient (Wildman–Crippen LogP) is 1.62. The van der Waals surface area contributed by atoms with Crippen molar-refractivity contribution in [3.8, 4) is 5.69 Å². The summed E-state index contributed by atoms with van der Waals surface area (Å²) < 4.78 is 1.19. The maximum Gasteiger partial charge on any atom is 0.356 e. The van der Waals surface area contributed by atoms with Crippen molar-refractivity contribution in [2.24, 2.45) is 0 Å². The van der Waals surface area contributed by atoms with Crippen LogP contribution in [0.5, 0.6) is 0 Å². The first kappa shape index (κ1) is 9.67. The number of rotatable bonds is 2. The summed E-state index contributed by atoms with van der Waals surface area (Å²) in [6.07, 6.45) is 1.17. The van der Waals surface area contributed by atoms with E-state index in [4.69, 9.17) is 16.7 Å². The first-order valence-corrected chi connectivity index (χ1v) is 4.47. The lowest BCUT2D eigenvalue weighted by atomic mass is 10.3. The lowest BCUT2D eigenvalue weighted by Gasteiger charge is -2.04. The Hall–Kier alpha value is -1.88. The summed E-state index contributed by atoms with van der Waals surface area (Å²) >= 11 is 5.91. The Labute approximate surface area is 89.9 Å². The van der Waals surface area contributed by atoms with Gasteiger partial charge in [-0.25, -0.2) is 9.48 Å². The largest absolute Gasteiger partial charge is 0.476 e. The highest BCUT2D eigenvalue weighted by Crippen LogP contribution is 2.19. The van der Waals surface area contributed by atoms with Gasteiger partial charge in [0.05, 0.1) is 16.9 Å². The van der Waals surface area contributed by atoms with Crippen molar-refractivity contribution in [2.75, 3.05) is 0 Å². The number of para-hydroxylation sites is 1. The van der Waals surface area contributed by atoms with E-state index in [1.165, 1.54) is 10.9 Å². The molecule has 0 bridgehead atoms. The van der Waals surface area contributed by atoms with E-state index in [0.29, 0.717) is 10.7 Å². The van der Waals surface area contributed by atoms with Crippen molar-refractivity contribution >= 4 is 17.6 Å². The van der Waals surface area contributed by atoms with Crippen LogP contribution in [0.25, 0.3) is 5.69 Å². The van der Waals surface area contributed by atoms with Crippen LogP contribution in [0.4, 0.5) is 0 Å². The lowest BCUT2D eigenvalue weighted by Crippen LogP contribution is -2.08. The number of carboxylic acid groups (broad SMARTS) is 1. The van der Waals surface area contributed by atoms with E-state index in [1.54, 1.807) is 24.3 Å². The van der Waals surface area contributed by atoms with Gasteiger partial charge in [-0.2, -0.15) is 0 Å². The Balaban J connectivity index is 2.59. The van der Waals surface area contributed by atoms with E-state index >= 15 is 0 Å². The van der Waals surface area contributed by atoms with Crippen LogP contribution in [0.1, 0.15) is 10.5 Å². The van der Waals surface area contributed by atoms with Crippen LogP contribution in [0.2, 0.25) is 5.02 Å². The number of benzene rings is 1. The lowest BCUT2D eigenvalue weighted by molar-refractivity contribution is 0.0687. The van der Waals surface area contributed by atoms with Crippen LogP contribution < -0.4 is 0 Å². The zero-order valence-electron chi connectivity index (χ0n) is 7.46. The molecule has 6 heteroatoms. The molecule has 5 nitrogen and oxygen atoms in total. The van der Waals surface area contributed by atoms with Gasteiger partial charge in [-0.1, -0.05) is 28.9 Å². The summed E-state index contributed by atoms with van der Waals surface area (Å²) in [4.78, 5) is 10.8. The van der Waals surface area contributed by atoms with Gasteiger partial charge in [-0.15, -0.1) is 5.10 Å². The maximum absolute atomic E-state index is 10.8. The highest BCUT2D eigenvalue weighted by atomic mass is 35.5. The van der Waals surface area contributed by atoms with Crippen LogP contribution in [-0.2, 0) is 0 Å². The normalized spacial score (nSPS) is 10.2. The van der Waals surface area contributed by atoms with Gasteiger partial charge in [0.2, 0.25) is 0 Å². The summed E-state index contributed by atoms with van der Waals surface area (Å²) in [6.45, 7) is 0. The highest BCUT2D eigenvalue weighted by molar-refractivity contribution is 6.32. The Morgan fingerprint density at radius 3 is 2.80 bits per heavy atom. The fraction of sp³-hybridized carbons (Fsp3) is 0. The highest BCUT2D eigenvalue weighted by Gasteiger charge is 2.14. The molecule has 0 saturated heterocycles. The van der Waals surface area contributed by atoms with Crippen molar-refractivity contribution in [1.29, 1.82) is 0 Å². The third-order valence-corrected chi connectivity index (χ3v) is 2.17. The van der Waals surface area contributed by atoms with E-state index < -0.39 is 5.97 Å². The van der Waals surface area contributed by atoms with Crippen molar-refractivity contribution in [3.05, 3.63) is 41.2 Å². The summed E-state index contributed by atoms with van der Waals surface area (Å²) in [5.41, 5.74) is 0.470. The van der Waals surface area contributed by atoms with Gasteiger partial charge in [0, 0.05) is 0 Å². The minimum Gasteiger partial charge on any atom is -0.476 e. The Morgan fingerprint density at radius 1 is 1.40 bits per heavy atom. The second kappa shape index (κ2) is 3.70. The smallest absolute Gasteiger partial charge is 0.356 e. The van der Waals surface area contributed by atoms with Crippen LogP contribution in [0, 0.1) is 0 Å². The van der Waals surface area contributed by atoms with E-state index in [1.807, 2.05) is 0 Å². The number of aromatic carboxylic acids is 1. The van der Waals surface area contributed by atoms with Crippen LogP contribution in [-0.4, -0.2) is 26.1 Å². The van der Waals surface area contributed by atoms with Gasteiger partial charge >= 0.3 is 5.97 Å². The monoisotopic (exact) mass is 223 g/mol. The molecule has 0 fully saturated rings. The van der Waals surface area contributed by atoms with E-state index in [0.717, 1.165) is 0 Å². The maximum atomic E-state index is 10.8. The number of carboxylic acids is 1. The van der Waals surface area contributed by atoms with Crippen molar-refractivity contribution in [2.45, 2.75) is 0 Å². The Morgan fingerprint density at radius 2 is 2.13 bits per heavy atom. The number of hydrogen-bond acceptors (Lipinski definition) is 3. The summed E-state index contributed by atoms with van der Waals surface area (Å²) in [6, 6.07) is 6.82. The summed E-state index contributed by atoms with van der Waals surface area (Å²) in [5.74, 6) is -1.10. The van der Waals surface area contributed by atoms with E-state index in [2.05, 4.69) is 10.3 Å². The zero-order chi connectivity index (χ0) is 10.8. The average molecular weight is 224 g/mol. The van der Waals surface area contributed by atoms with Gasteiger partial charge in [-0.05, 0) is 12.1 Å². The molecule has 1 aromatic carbocycles. The van der Waals surface area contributed by atoms with Crippen molar-refractivity contribution in [1.82, 2.24) is 15.0 Å². The third kappa shape index (κ3) is 1.69. The van der Waals surface area contributed by atoms with Gasteiger partial charge in [0.1, 0.15) is 0 Å². The van der Waals surface area contributed by atoms with Gasteiger partial charge in [0.25, 0.3) is 0 Å². The second-order valence-electron chi connectivity index (χ2n) is 2.79. The number of aromatic nitrogens is 3. The number of nitrogens with zero attached hydrogens (tertiary/aromatic N) is 3. The molecule has 0 amide bonds. The molecule has 0 radical (unpaired) electrons. The summed E-state index contributed by atoms with van der Waals surface area (Å²) in [7, 11) is 0. The third-order valence-electron chi connectivity index (χ3n) is 1.85. The molecule has 15 heavy (non-hydrogen) atoms. The summed E-state index contributed by atoms with van der Waals surface area (Å²) in [5, 5.41) is 16.5. The molecule has 76 valence electrons. The molecule has 2 rings (SSSR count). The Kier molecular flexibility index (Phi) is 2.39. The molecule has 0 spiro atoms. The van der Waals surface area contributed by atoms with Crippen molar-refractivity contribution in [3.63, 3.8) is 0 Å². The number of hydrogen-bond donors (Lipinski definition) is 1. The molecule has 2 aromatic rings. The predicted molar refractivity (Wildman–Crippen MR) is 53.3 cm³/mol. The second-order valence-corrected chi connectivity index (χ2v) is 3.19. The molecule has 1 N–H and O–H groups in total. The molecule has 0 unspecified atom stereocenters. The molecule has 1 aromatic heterocycles. The molecule has 0 aliphatic carbocycles. The molecule has 0 aliphatic heterocycles. The van der Waals surface area contributed by atoms with Gasteiger partial charge in [-0.3, -0.25) is 0 Å². The molecule has 0 saturated carbocycles. The molecule has 0 aliphatic rings. The number of carbonyl (C=O) groups is 1. The minimum absolute atomic E-state index is 0.0249. The first-order valence-electron chi connectivity index (χ1n) is 4.09. The quantitative estimate of drug-likeness (QED) is 0.840. The minimum atomic E-state index is -1.10. The SMILES string of the molecule is O=C(O)c1cnnn1-c1ccccc1Cl. The van der Waals surface area contributed by atoms with E-state index in [9.17, 15) is 4.79 Å². The fourth-order valence-electron chi connectivity index (χ4n) is 1.18. The van der Waals surface area contributed by atoms with Gasteiger partial charge in [0.15, 0.2) is 5.69 Å². The molecular formula is C9H6ClN3O2. The Bertz CT molecular complexity index is 510. The topological polar surface area (TPSA) is 68.0 Å². The number of halogens is 1. The van der Waals surface area contributed by atoms with Crippen LogP contribution in [0.15, 0.2) is 30.5 Å².